The van der Waals surface area contributed by atoms with Gasteiger partial charge in [-0.3, -0.25) is 8.98 Å². The van der Waals surface area contributed by atoms with E-state index in [4.69, 9.17) is 27.4 Å². The van der Waals surface area contributed by atoms with Crippen molar-refractivity contribution in [1.82, 2.24) is 4.90 Å². The van der Waals surface area contributed by atoms with Crippen LogP contribution in [0.4, 0.5) is 0 Å². The summed E-state index contributed by atoms with van der Waals surface area (Å²) in [6.45, 7) is 2.84. The maximum Gasteiger partial charge on any atom is 0.296 e. The zero-order valence-corrected chi connectivity index (χ0v) is 17.9. The molecule has 150 valence electrons. The van der Waals surface area contributed by atoms with E-state index >= 15 is 0 Å². The van der Waals surface area contributed by atoms with Gasteiger partial charge in [0.25, 0.3) is 10.1 Å². The van der Waals surface area contributed by atoms with Crippen molar-refractivity contribution in [3.05, 3.63) is 63.1 Å². The molecule has 8 heteroatoms. The highest BCUT2D eigenvalue weighted by atomic mass is 35.5. The minimum Gasteiger partial charge on any atom is -0.338 e. The fourth-order valence-corrected chi connectivity index (χ4v) is 5.04. The number of nitrogens with zero attached hydrogens (tertiary/aromatic N) is 1. The summed E-state index contributed by atoms with van der Waals surface area (Å²) in [5.41, 5.74) is 2.44. The standard InChI is InChI=1S/C20H21Cl2NO4S/c1-13-3-4-19(28(25,26)27-2)18(7-13)15-5-6-23(20(24)10-15)12-14-8-16(21)11-17(22)9-14/h3-4,7-9,11,15H,5-6,10,12H2,1-2H3. The molecule has 1 saturated heterocycles. The molecule has 0 bridgehead atoms. The van der Waals surface area contributed by atoms with Gasteiger partial charge < -0.3 is 4.90 Å². The van der Waals surface area contributed by atoms with Crippen LogP contribution < -0.4 is 0 Å². The number of aryl methyl sites for hydroxylation is 1. The Bertz CT molecular complexity index is 987. The summed E-state index contributed by atoms with van der Waals surface area (Å²) in [5.74, 6) is -0.207. The number of amides is 1. The Kier molecular flexibility index (Phi) is 6.34. The van der Waals surface area contributed by atoms with Gasteiger partial charge in [-0.2, -0.15) is 8.42 Å². The third-order valence-electron chi connectivity index (χ3n) is 4.91. The SMILES string of the molecule is COS(=O)(=O)c1ccc(C)cc1C1CCN(Cc2cc(Cl)cc(Cl)c2)C(=O)C1. The summed E-state index contributed by atoms with van der Waals surface area (Å²) >= 11 is 12.1. The first-order chi connectivity index (χ1) is 13.2. The van der Waals surface area contributed by atoms with Crippen molar-refractivity contribution in [1.29, 1.82) is 0 Å². The molecule has 28 heavy (non-hydrogen) atoms. The third-order valence-corrected chi connectivity index (χ3v) is 6.70. The minimum atomic E-state index is -3.84. The molecule has 3 rings (SSSR count). The van der Waals surface area contributed by atoms with Gasteiger partial charge in [-0.25, -0.2) is 0 Å². The van der Waals surface area contributed by atoms with Gasteiger partial charge in [0.1, 0.15) is 0 Å². The molecule has 1 amide bonds. The first-order valence-corrected chi connectivity index (χ1v) is 11.0. The van der Waals surface area contributed by atoms with Crippen molar-refractivity contribution >= 4 is 39.2 Å². The number of rotatable bonds is 5. The summed E-state index contributed by atoms with van der Waals surface area (Å²) in [6, 6.07) is 10.3. The highest BCUT2D eigenvalue weighted by Gasteiger charge is 2.31. The summed E-state index contributed by atoms with van der Waals surface area (Å²) in [4.78, 5) is 14.6. The van der Waals surface area contributed by atoms with Crippen molar-refractivity contribution in [2.75, 3.05) is 13.7 Å². The van der Waals surface area contributed by atoms with Crippen molar-refractivity contribution in [2.45, 2.75) is 37.1 Å². The second kappa shape index (κ2) is 8.41. The first-order valence-electron chi connectivity index (χ1n) is 8.83. The molecule has 1 fully saturated rings. The molecule has 1 atom stereocenters. The number of halogens is 2. The number of piperidine rings is 1. The van der Waals surface area contributed by atoms with E-state index in [0.717, 1.165) is 18.2 Å². The van der Waals surface area contributed by atoms with E-state index in [0.29, 0.717) is 35.1 Å². The lowest BCUT2D eigenvalue weighted by molar-refractivity contribution is -0.134. The molecule has 0 radical (unpaired) electrons. The number of carbonyl (C=O) groups excluding carboxylic acids is 1. The fraction of sp³-hybridized carbons (Fsp3) is 0.350. The highest BCUT2D eigenvalue weighted by molar-refractivity contribution is 7.86. The van der Waals surface area contributed by atoms with E-state index in [1.165, 1.54) is 0 Å². The van der Waals surface area contributed by atoms with E-state index in [1.54, 1.807) is 35.2 Å². The Morgan fingerprint density at radius 2 is 1.82 bits per heavy atom. The molecule has 0 aromatic heterocycles. The van der Waals surface area contributed by atoms with E-state index in [2.05, 4.69) is 0 Å². The summed E-state index contributed by atoms with van der Waals surface area (Å²) < 4.78 is 29.3. The monoisotopic (exact) mass is 441 g/mol. The number of hydrogen-bond donors (Lipinski definition) is 0. The lowest BCUT2D eigenvalue weighted by Crippen LogP contribution is -2.37. The largest absolute Gasteiger partial charge is 0.338 e. The molecular weight excluding hydrogens is 421 g/mol. The molecule has 0 N–H and O–H groups in total. The van der Waals surface area contributed by atoms with Crippen LogP contribution in [0.15, 0.2) is 41.3 Å². The fourth-order valence-electron chi connectivity index (χ4n) is 3.54. The molecular formula is C20H21Cl2NO4S. The summed E-state index contributed by atoms with van der Waals surface area (Å²) in [6.07, 6.45) is 0.902. The second-order valence-electron chi connectivity index (χ2n) is 6.94. The van der Waals surface area contributed by atoms with Crippen LogP contribution in [0.2, 0.25) is 10.0 Å². The van der Waals surface area contributed by atoms with Crippen molar-refractivity contribution in [3.8, 4) is 0 Å². The van der Waals surface area contributed by atoms with Crippen LogP contribution in [-0.4, -0.2) is 32.9 Å². The lowest BCUT2D eigenvalue weighted by atomic mass is 9.88. The molecule has 1 unspecified atom stereocenters. The Labute approximate surface area is 175 Å². The number of hydrogen-bond acceptors (Lipinski definition) is 4. The third kappa shape index (κ3) is 4.69. The first kappa shape index (κ1) is 21.1. The van der Waals surface area contributed by atoms with Gasteiger partial charge in [0.15, 0.2) is 0 Å². The highest BCUT2D eigenvalue weighted by Crippen LogP contribution is 2.35. The maximum atomic E-state index is 12.7. The van der Waals surface area contributed by atoms with Gasteiger partial charge in [-0.1, -0.05) is 40.9 Å². The minimum absolute atomic E-state index is 0.0328. The van der Waals surface area contributed by atoms with E-state index in [9.17, 15) is 13.2 Å². The molecule has 1 aliphatic rings. The lowest BCUT2D eigenvalue weighted by Gasteiger charge is -2.33. The second-order valence-corrected chi connectivity index (χ2v) is 9.50. The molecule has 0 aliphatic carbocycles. The maximum absolute atomic E-state index is 12.7. The van der Waals surface area contributed by atoms with E-state index in [1.807, 2.05) is 13.0 Å². The van der Waals surface area contributed by atoms with Gasteiger partial charge in [-0.05, 0) is 54.7 Å². The number of benzene rings is 2. The van der Waals surface area contributed by atoms with Crippen LogP contribution in [0.5, 0.6) is 0 Å². The van der Waals surface area contributed by atoms with Gasteiger partial charge in [0.05, 0.1) is 12.0 Å². The summed E-state index contributed by atoms with van der Waals surface area (Å²) in [7, 11) is -2.70. The van der Waals surface area contributed by atoms with Crippen LogP contribution >= 0.6 is 23.2 Å². The zero-order chi connectivity index (χ0) is 20.5. The van der Waals surface area contributed by atoms with Crippen LogP contribution in [0.1, 0.15) is 35.4 Å². The molecule has 1 aliphatic heterocycles. The smallest absolute Gasteiger partial charge is 0.296 e. The molecule has 0 saturated carbocycles. The zero-order valence-electron chi connectivity index (χ0n) is 15.6. The Morgan fingerprint density at radius 3 is 2.43 bits per heavy atom. The Morgan fingerprint density at radius 1 is 1.14 bits per heavy atom. The van der Waals surface area contributed by atoms with Crippen molar-refractivity contribution < 1.29 is 17.4 Å². The molecule has 0 spiro atoms. The molecule has 1 heterocycles. The average Bonchev–Trinajstić information content (AvgIpc) is 2.62. The van der Waals surface area contributed by atoms with Gasteiger partial charge >= 0.3 is 0 Å². The van der Waals surface area contributed by atoms with Crippen LogP contribution in [0, 0.1) is 6.92 Å². The summed E-state index contributed by atoms with van der Waals surface area (Å²) in [5, 5.41) is 1.05. The quantitative estimate of drug-likeness (QED) is 0.638. The predicted octanol–water partition coefficient (Wildman–Crippen LogP) is 4.54. The molecule has 2 aromatic carbocycles. The average molecular weight is 442 g/mol. The van der Waals surface area contributed by atoms with Crippen LogP contribution in [0.3, 0.4) is 0 Å². The van der Waals surface area contributed by atoms with E-state index in [-0.39, 0.29) is 23.1 Å². The van der Waals surface area contributed by atoms with E-state index < -0.39 is 10.1 Å². The topological polar surface area (TPSA) is 63.7 Å². The number of likely N-dealkylation sites (tertiary alicyclic amines) is 1. The van der Waals surface area contributed by atoms with Crippen molar-refractivity contribution in [3.63, 3.8) is 0 Å². The van der Waals surface area contributed by atoms with Crippen molar-refractivity contribution in [2.24, 2.45) is 0 Å². The Hall–Kier alpha value is -1.60. The predicted molar refractivity (Wildman–Crippen MR) is 109 cm³/mol. The van der Waals surface area contributed by atoms with Gasteiger partial charge in [-0.15, -0.1) is 0 Å². The Balaban J connectivity index is 1.81. The molecule has 2 aromatic rings. The number of carbonyl (C=O) groups is 1. The van der Waals surface area contributed by atoms with Gasteiger partial charge in [0, 0.05) is 29.6 Å². The molecule has 5 nitrogen and oxygen atoms in total. The normalized spacial score (nSPS) is 17.8. The van der Waals surface area contributed by atoms with Crippen LogP contribution in [-0.2, 0) is 25.6 Å². The van der Waals surface area contributed by atoms with Gasteiger partial charge in [0.2, 0.25) is 5.91 Å². The van der Waals surface area contributed by atoms with Crippen LogP contribution in [0.25, 0.3) is 0 Å².